The van der Waals surface area contributed by atoms with Crippen molar-refractivity contribution in [2.24, 2.45) is 5.92 Å². The second-order valence-electron chi connectivity index (χ2n) is 5.03. The van der Waals surface area contributed by atoms with E-state index in [9.17, 15) is 4.79 Å². The van der Waals surface area contributed by atoms with Crippen LogP contribution in [0.25, 0.3) is 0 Å². The zero-order valence-electron chi connectivity index (χ0n) is 10.4. The molecule has 1 aliphatic heterocycles. The van der Waals surface area contributed by atoms with Crippen molar-refractivity contribution in [3.63, 3.8) is 0 Å². The summed E-state index contributed by atoms with van der Waals surface area (Å²) in [5.74, 6) is 0.448. The molecule has 0 atom stereocenters. The largest absolute Gasteiger partial charge is 0.326 e. The van der Waals surface area contributed by atoms with Crippen molar-refractivity contribution in [1.29, 1.82) is 0 Å². The van der Waals surface area contributed by atoms with Crippen LogP contribution >= 0.6 is 12.4 Å². The molecule has 3 rings (SSSR count). The maximum absolute atomic E-state index is 11.8. The van der Waals surface area contributed by atoms with Gasteiger partial charge in [0.1, 0.15) is 0 Å². The van der Waals surface area contributed by atoms with Crippen LogP contribution in [-0.2, 0) is 17.8 Å². The van der Waals surface area contributed by atoms with Gasteiger partial charge in [0, 0.05) is 18.2 Å². The maximum atomic E-state index is 11.8. The third kappa shape index (κ3) is 2.68. The fourth-order valence-corrected chi connectivity index (χ4v) is 2.47. The molecule has 1 fully saturated rings. The summed E-state index contributed by atoms with van der Waals surface area (Å²) >= 11 is 0. The van der Waals surface area contributed by atoms with Gasteiger partial charge in [0.05, 0.1) is 0 Å². The number of fused-ring (bicyclic) bond motifs is 1. The van der Waals surface area contributed by atoms with Crippen molar-refractivity contribution in [3.8, 4) is 0 Å². The van der Waals surface area contributed by atoms with Crippen LogP contribution < -0.4 is 10.6 Å². The number of amides is 1. The molecule has 0 unspecified atom stereocenters. The molecular weight excluding hydrogens is 248 g/mol. The van der Waals surface area contributed by atoms with Gasteiger partial charge in [0.25, 0.3) is 0 Å². The Kier molecular flexibility index (Phi) is 4.25. The molecule has 2 aliphatic rings. The first-order valence-electron chi connectivity index (χ1n) is 6.46. The molecule has 1 aromatic carbocycles. The highest BCUT2D eigenvalue weighted by molar-refractivity contribution is 5.93. The number of nitrogens with one attached hydrogen (secondary N) is 2. The van der Waals surface area contributed by atoms with E-state index in [1.54, 1.807) is 0 Å². The van der Waals surface area contributed by atoms with Gasteiger partial charge in [0.15, 0.2) is 0 Å². The first kappa shape index (κ1) is 13.4. The van der Waals surface area contributed by atoms with Crippen LogP contribution in [-0.4, -0.2) is 12.5 Å². The fraction of sp³-hybridized carbons (Fsp3) is 0.500. The second kappa shape index (κ2) is 5.72. The van der Waals surface area contributed by atoms with Crippen LogP contribution in [0.1, 0.15) is 30.4 Å². The van der Waals surface area contributed by atoms with Crippen LogP contribution in [0.5, 0.6) is 0 Å². The summed E-state index contributed by atoms with van der Waals surface area (Å²) in [7, 11) is 0. The predicted molar refractivity (Wildman–Crippen MR) is 75.1 cm³/mol. The third-order valence-electron chi connectivity index (χ3n) is 3.84. The molecule has 18 heavy (non-hydrogen) atoms. The van der Waals surface area contributed by atoms with E-state index in [2.05, 4.69) is 22.8 Å². The lowest BCUT2D eigenvalue weighted by Crippen LogP contribution is -2.28. The number of benzene rings is 1. The first-order chi connectivity index (χ1) is 8.33. The van der Waals surface area contributed by atoms with E-state index < -0.39 is 0 Å². The van der Waals surface area contributed by atoms with Gasteiger partial charge in [-0.25, -0.2) is 0 Å². The molecule has 4 heteroatoms. The lowest BCUT2D eigenvalue weighted by Gasteiger charge is -2.24. The van der Waals surface area contributed by atoms with E-state index in [1.165, 1.54) is 17.5 Å². The van der Waals surface area contributed by atoms with Gasteiger partial charge in [-0.1, -0.05) is 12.5 Å². The monoisotopic (exact) mass is 266 g/mol. The van der Waals surface area contributed by atoms with Crippen molar-refractivity contribution in [3.05, 3.63) is 29.3 Å². The van der Waals surface area contributed by atoms with E-state index in [0.29, 0.717) is 0 Å². The molecule has 3 nitrogen and oxygen atoms in total. The van der Waals surface area contributed by atoms with Gasteiger partial charge in [-0.15, -0.1) is 12.4 Å². The molecular formula is C14H19ClN2O. The Hall–Kier alpha value is -1.06. The SMILES string of the molecule is Cl.O=C(Nc1ccc2c(c1)CNCC2)C1CCC1. The number of halogens is 1. The van der Waals surface area contributed by atoms with E-state index in [-0.39, 0.29) is 24.2 Å². The minimum absolute atomic E-state index is 0. The standard InChI is InChI=1S/C14H18N2O.ClH/c17-14(11-2-1-3-11)16-13-5-4-10-6-7-15-9-12(10)8-13;/h4-5,8,11,15H,1-3,6-7,9H2,(H,16,17);1H. The fourth-order valence-electron chi connectivity index (χ4n) is 2.47. The normalized spacial score (nSPS) is 18.2. The molecule has 1 heterocycles. The van der Waals surface area contributed by atoms with Crippen LogP contribution in [0.4, 0.5) is 5.69 Å². The van der Waals surface area contributed by atoms with E-state index in [4.69, 9.17) is 0 Å². The van der Waals surface area contributed by atoms with Crippen LogP contribution in [0.15, 0.2) is 18.2 Å². The van der Waals surface area contributed by atoms with Gasteiger partial charge in [-0.3, -0.25) is 4.79 Å². The summed E-state index contributed by atoms with van der Waals surface area (Å²) in [5.41, 5.74) is 3.68. The maximum Gasteiger partial charge on any atom is 0.227 e. The highest BCUT2D eigenvalue weighted by Crippen LogP contribution is 2.28. The topological polar surface area (TPSA) is 41.1 Å². The zero-order chi connectivity index (χ0) is 11.7. The smallest absolute Gasteiger partial charge is 0.227 e. The van der Waals surface area contributed by atoms with Gasteiger partial charge < -0.3 is 10.6 Å². The Balaban J connectivity index is 0.00000120. The minimum atomic E-state index is 0. The summed E-state index contributed by atoms with van der Waals surface area (Å²) in [6, 6.07) is 6.28. The van der Waals surface area contributed by atoms with Crippen molar-refractivity contribution in [2.75, 3.05) is 11.9 Å². The third-order valence-corrected chi connectivity index (χ3v) is 3.84. The van der Waals surface area contributed by atoms with E-state index >= 15 is 0 Å². The molecule has 0 spiro atoms. The number of carbonyl (C=O) groups is 1. The first-order valence-corrected chi connectivity index (χ1v) is 6.46. The number of hydrogen-bond donors (Lipinski definition) is 2. The highest BCUT2D eigenvalue weighted by Gasteiger charge is 2.25. The lowest BCUT2D eigenvalue weighted by atomic mass is 9.85. The van der Waals surface area contributed by atoms with Gasteiger partial charge in [-0.05, 0) is 49.1 Å². The Labute approximate surface area is 114 Å². The van der Waals surface area contributed by atoms with Crippen molar-refractivity contribution < 1.29 is 4.79 Å². The summed E-state index contributed by atoms with van der Waals surface area (Å²) in [6.45, 7) is 1.98. The molecule has 0 aromatic heterocycles. The van der Waals surface area contributed by atoms with Crippen LogP contribution in [0, 0.1) is 5.92 Å². The molecule has 1 aromatic rings. The summed E-state index contributed by atoms with van der Waals surface area (Å²) < 4.78 is 0. The molecule has 1 amide bonds. The predicted octanol–water partition coefficient (Wildman–Crippen LogP) is 2.49. The zero-order valence-corrected chi connectivity index (χ0v) is 11.2. The average Bonchev–Trinajstić information content (AvgIpc) is 2.26. The van der Waals surface area contributed by atoms with Crippen molar-refractivity contribution in [2.45, 2.75) is 32.2 Å². The van der Waals surface area contributed by atoms with Crippen molar-refractivity contribution in [1.82, 2.24) is 5.32 Å². The summed E-state index contributed by atoms with van der Waals surface area (Å²) in [4.78, 5) is 11.8. The number of carbonyl (C=O) groups excluding carboxylic acids is 1. The molecule has 0 saturated heterocycles. The van der Waals surface area contributed by atoms with Gasteiger partial charge >= 0.3 is 0 Å². The number of rotatable bonds is 2. The molecule has 98 valence electrons. The average molecular weight is 267 g/mol. The van der Waals surface area contributed by atoms with E-state index in [0.717, 1.165) is 38.0 Å². The molecule has 0 radical (unpaired) electrons. The number of hydrogen-bond acceptors (Lipinski definition) is 2. The van der Waals surface area contributed by atoms with Crippen LogP contribution in [0.3, 0.4) is 0 Å². The number of anilines is 1. The Morgan fingerprint density at radius 3 is 2.83 bits per heavy atom. The van der Waals surface area contributed by atoms with Crippen molar-refractivity contribution >= 4 is 24.0 Å². The Morgan fingerprint density at radius 1 is 1.28 bits per heavy atom. The van der Waals surface area contributed by atoms with Gasteiger partial charge in [-0.2, -0.15) is 0 Å². The molecule has 0 bridgehead atoms. The van der Waals surface area contributed by atoms with E-state index in [1.807, 2.05) is 6.07 Å². The highest BCUT2D eigenvalue weighted by atomic mass is 35.5. The van der Waals surface area contributed by atoms with Gasteiger partial charge in [0.2, 0.25) is 5.91 Å². The molecule has 2 N–H and O–H groups in total. The summed E-state index contributed by atoms with van der Waals surface area (Å²) in [5, 5.41) is 6.38. The Bertz CT molecular complexity index is 443. The molecule has 1 saturated carbocycles. The Morgan fingerprint density at radius 2 is 2.11 bits per heavy atom. The summed E-state index contributed by atoms with van der Waals surface area (Å²) in [6.07, 6.45) is 4.40. The second-order valence-corrected chi connectivity index (χ2v) is 5.03. The quantitative estimate of drug-likeness (QED) is 0.864. The van der Waals surface area contributed by atoms with Crippen LogP contribution in [0.2, 0.25) is 0 Å². The lowest BCUT2D eigenvalue weighted by molar-refractivity contribution is -0.122. The minimum Gasteiger partial charge on any atom is -0.326 e. The molecule has 1 aliphatic carbocycles.